The number of benzene rings is 2. The van der Waals surface area contributed by atoms with Gasteiger partial charge < -0.3 is 5.32 Å². The van der Waals surface area contributed by atoms with Crippen molar-refractivity contribution in [2.75, 3.05) is 16.2 Å². The average Bonchev–Trinajstić information content (AvgIpc) is 3.07. The molecule has 1 aromatic heterocycles. The molecule has 2 aromatic carbocycles. The molecule has 1 unspecified atom stereocenters. The smallest absolute Gasteiger partial charge is 0.146 e. The Morgan fingerprint density at radius 3 is 2.19 bits per heavy atom. The van der Waals surface area contributed by atoms with E-state index in [1.807, 2.05) is 39.8 Å². The summed E-state index contributed by atoms with van der Waals surface area (Å²) in [7, 11) is 2.36. The zero-order chi connectivity index (χ0) is 20.0. The minimum Gasteiger partial charge on any atom is -0.351 e. The lowest BCUT2D eigenvalue weighted by molar-refractivity contribution is 0.630. The summed E-state index contributed by atoms with van der Waals surface area (Å²) in [6, 6.07) is 11.8. The maximum absolute atomic E-state index is 14.2. The Kier molecular flexibility index (Phi) is 7.57. The highest BCUT2D eigenvalue weighted by molar-refractivity contribution is 7.28. The van der Waals surface area contributed by atoms with Crippen molar-refractivity contribution >= 4 is 47.9 Å². The molecule has 0 saturated heterocycles. The monoisotopic (exact) mass is 407 g/mol. The molecule has 3 aromatic rings. The first-order chi connectivity index (χ1) is 12.9. The molecule has 0 aliphatic carbocycles. The van der Waals surface area contributed by atoms with E-state index in [0.717, 1.165) is 10.6 Å². The molecule has 0 fully saturated rings. The number of thiophene rings is 1. The van der Waals surface area contributed by atoms with Crippen LogP contribution in [0.3, 0.4) is 0 Å². The summed E-state index contributed by atoms with van der Waals surface area (Å²) < 4.78 is 28.1. The van der Waals surface area contributed by atoms with Gasteiger partial charge in [-0.3, -0.25) is 10.9 Å². The highest BCUT2D eigenvalue weighted by atomic mass is 32.1. The predicted octanol–water partition coefficient (Wildman–Crippen LogP) is 6.35. The van der Waals surface area contributed by atoms with Crippen LogP contribution in [-0.4, -0.2) is 0 Å². The molecule has 0 aliphatic heterocycles. The van der Waals surface area contributed by atoms with Gasteiger partial charge in [-0.25, -0.2) is 8.78 Å². The first-order valence-corrected chi connectivity index (χ1v) is 10.0. The van der Waals surface area contributed by atoms with Gasteiger partial charge in [-0.05, 0) is 55.8 Å². The predicted molar refractivity (Wildman–Crippen MR) is 118 cm³/mol. The fourth-order valence-corrected chi connectivity index (χ4v) is 3.36. The first-order valence-electron chi connectivity index (χ1n) is 8.63. The number of anilines is 4. The molecule has 0 amide bonds. The highest BCUT2D eigenvalue weighted by Gasteiger charge is 2.13. The van der Waals surface area contributed by atoms with Crippen molar-refractivity contribution in [1.29, 1.82) is 0 Å². The number of hydrogen-bond acceptors (Lipinski definition) is 4. The van der Waals surface area contributed by atoms with E-state index in [-0.39, 0.29) is 11.5 Å². The molecule has 27 heavy (non-hydrogen) atoms. The summed E-state index contributed by atoms with van der Waals surface area (Å²) >= 11 is 1.59. The maximum atomic E-state index is 14.2. The van der Waals surface area contributed by atoms with E-state index < -0.39 is 5.82 Å². The third-order valence-electron chi connectivity index (χ3n) is 3.64. The molecular formula is C20H24F2N3PS. The van der Waals surface area contributed by atoms with Gasteiger partial charge in [-0.1, -0.05) is 19.9 Å². The fraction of sp³-hybridized carbons (Fsp3) is 0.200. The molecule has 0 aliphatic rings. The van der Waals surface area contributed by atoms with Crippen LogP contribution in [0.15, 0.2) is 42.5 Å². The van der Waals surface area contributed by atoms with E-state index >= 15 is 0 Å². The summed E-state index contributed by atoms with van der Waals surface area (Å²) in [6.07, 6.45) is 0. The molecule has 3 rings (SSSR count). The summed E-state index contributed by atoms with van der Waals surface area (Å²) in [6.45, 7) is 7.83. The Hall–Kier alpha value is -2.17. The van der Waals surface area contributed by atoms with Crippen LogP contribution in [0.25, 0.3) is 0 Å². The lowest BCUT2D eigenvalue weighted by Gasteiger charge is -2.18. The van der Waals surface area contributed by atoms with Crippen molar-refractivity contribution in [3.63, 3.8) is 0 Å². The highest BCUT2D eigenvalue weighted by Crippen LogP contribution is 2.29. The largest absolute Gasteiger partial charge is 0.351 e. The molecule has 144 valence electrons. The van der Waals surface area contributed by atoms with E-state index in [0.29, 0.717) is 16.7 Å². The molecule has 0 radical (unpaired) electrons. The molecule has 1 atom stereocenters. The van der Waals surface area contributed by atoms with Crippen molar-refractivity contribution in [2.24, 2.45) is 0 Å². The summed E-state index contributed by atoms with van der Waals surface area (Å²) in [5.74, 6) is -0.779. The summed E-state index contributed by atoms with van der Waals surface area (Å²) in [5, 5.41) is 4.24. The Bertz CT molecular complexity index is 912. The van der Waals surface area contributed by atoms with Crippen LogP contribution in [0.4, 0.5) is 30.8 Å². The van der Waals surface area contributed by atoms with Crippen molar-refractivity contribution in [3.8, 4) is 0 Å². The lowest BCUT2D eigenvalue weighted by Crippen LogP contribution is -2.15. The van der Waals surface area contributed by atoms with E-state index in [2.05, 4.69) is 25.4 Å². The molecular weight excluding hydrogens is 383 g/mol. The van der Waals surface area contributed by atoms with Crippen LogP contribution in [0.2, 0.25) is 0 Å². The molecule has 3 N–H and O–H groups in total. The maximum Gasteiger partial charge on any atom is 0.146 e. The number of aryl methyl sites for hydroxylation is 2. The first kappa shape index (κ1) is 21.1. The zero-order valence-corrected chi connectivity index (χ0v) is 17.8. The normalized spacial score (nSPS) is 10.0. The third-order valence-corrected chi connectivity index (χ3v) is 5.12. The van der Waals surface area contributed by atoms with Crippen molar-refractivity contribution in [2.45, 2.75) is 27.7 Å². The summed E-state index contributed by atoms with van der Waals surface area (Å²) in [4.78, 5) is 1.18. The van der Waals surface area contributed by atoms with Crippen LogP contribution in [0.5, 0.6) is 0 Å². The minimum absolute atomic E-state index is 0.287. The minimum atomic E-state index is -0.391. The van der Waals surface area contributed by atoms with Gasteiger partial charge in [0.15, 0.2) is 0 Å². The van der Waals surface area contributed by atoms with Gasteiger partial charge >= 0.3 is 0 Å². The van der Waals surface area contributed by atoms with E-state index in [1.165, 1.54) is 17.0 Å². The molecule has 7 heteroatoms. The van der Waals surface area contributed by atoms with Gasteiger partial charge in [0.05, 0.1) is 17.1 Å². The van der Waals surface area contributed by atoms with Crippen molar-refractivity contribution in [3.05, 3.63) is 64.5 Å². The van der Waals surface area contributed by atoms with E-state index in [1.54, 1.807) is 29.5 Å². The number of hydrazine groups is 1. The number of nitrogens with one attached hydrogen (secondary N) is 3. The zero-order valence-electron chi connectivity index (χ0n) is 15.8. The van der Waals surface area contributed by atoms with E-state index in [9.17, 15) is 8.78 Å². The van der Waals surface area contributed by atoms with Gasteiger partial charge in [-0.15, -0.1) is 20.6 Å². The van der Waals surface area contributed by atoms with E-state index in [4.69, 9.17) is 0 Å². The van der Waals surface area contributed by atoms with Crippen LogP contribution < -0.4 is 21.5 Å². The van der Waals surface area contributed by atoms with Gasteiger partial charge in [0.1, 0.15) is 16.6 Å². The molecule has 3 nitrogen and oxygen atoms in total. The lowest BCUT2D eigenvalue weighted by atomic mass is 10.2. The number of hydrogen-bond donors (Lipinski definition) is 3. The molecule has 1 heterocycles. The second kappa shape index (κ2) is 9.67. The Morgan fingerprint density at radius 1 is 0.852 bits per heavy atom. The summed E-state index contributed by atoms with van der Waals surface area (Å²) in [5.41, 5.74) is 8.31. The molecule has 0 saturated carbocycles. The quantitative estimate of drug-likeness (QED) is 0.341. The van der Waals surface area contributed by atoms with Gasteiger partial charge in [-0.2, -0.15) is 0 Å². The third kappa shape index (κ3) is 5.41. The molecule has 0 spiro atoms. The topological polar surface area (TPSA) is 36.1 Å². The van der Waals surface area contributed by atoms with Crippen molar-refractivity contribution in [1.82, 2.24) is 0 Å². The van der Waals surface area contributed by atoms with Gasteiger partial charge in [0.2, 0.25) is 0 Å². The average molecular weight is 407 g/mol. The van der Waals surface area contributed by atoms with Crippen LogP contribution in [0.1, 0.15) is 24.3 Å². The van der Waals surface area contributed by atoms with Gasteiger partial charge in [0.25, 0.3) is 0 Å². The van der Waals surface area contributed by atoms with Crippen LogP contribution in [0, 0.1) is 25.5 Å². The van der Waals surface area contributed by atoms with Gasteiger partial charge in [0, 0.05) is 10.2 Å². The Morgan fingerprint density at radius 2 is 1.56 bits per heavy atom. The Balaban J connectivity index is 0.00000126. The SMILES string of the molecule is CC.Cc1ccc(Nc2c(NNc3ccc(C)s3)ccc(F)c2P)c(F)c1. The Labute approximate surface area is 165 Å². The second-order valence-electron chi connectivity index (χ2n) is 5.65. The fourth-order valence-electron chi connectivity index (χ4n) is 2.32. The van der Waals surface area contributed by atoms with Crippen molar-refractivity contribution < 1.29 is 8.78 Å². The standard InChI is InChI=1S/C18H18F2N3PS.C2H6/c1-10-3-6-14(13(20)9-10)21-17-15(7-5-12(19)18(17)24)22-23-16-8-4-11(2)25-16;1-2/h3-9,21-23H,24H2,1-2H3;1-2H3. The van der Waals surface area contributed by atoms with Crippen LogP contribution >= 0.6 is 20.6 Å². The van der Waals surface area contributed by atoms with Crippen LogP contribution in [-0.2, 0) is 0 Å². The number of rotatable bonds is 5. The molecule has 0 bridgehead atoms. The number of halogens is 2. The second-order valence-corrected chi connectivity index (χ2v) is 7.52.